The Balaban J connectivity index is 2.39. The number of hydrogen-bond donors (Lipinski definition) is 0. The molecule has 2 heteroatoms. The Kier molecular flexibility index (Phi) is 3.47. The third kappa shape index (κ3) is 2.11. The monoisotopic (exact) mass is 236 g/mol. The van der Waals surface area contributed by atoms with Crippen LogP contribution in [0.1, 0.15) is 19.4 Å². The Morgan fingerprint density at radius 3 is 2.60 bits per heavy atom. The number of benzene rings is 1. The van der Waals surface area contributed by atoms with E-state index in [1.165, 1.54) is 22.0 Å². The molecule has 15 heavy (non-hydrogen) atoms. The molecule has 0 aliphatic carbocycles. The molecule has 1 atom stereocenters. The Hall–Kier alpha value is -0.340. The van der Waals surface area contributed by atoms with Gasteiger partial charge in [-0.3, -0.25) is 0 Å². The van der Waals surface area contributed by atoms with Crippen LogP contribution >= 0.6 is 23.5 Å². The second-order valence-electron chi connectivity index (χ2n) is 3.75. The number of thioether (sulfide) groups is 2. The van der Waals surface area contributed by atoms with Crippen LogP contribution in [0, 0.1) is 0 Å². The molecule has 1 heterocycles. The summed E-state index contributed by atoms with van der Waals surface area (Å²) in [6.45, 7) is 4.49. The van der Waals surface area contributed by atoms with E-state index in [0.717, 1.165) is 0 Å². The Morgan fingerprint density at radius 2 is 1.93 bits per heavy atom. The van der Waals surface area contributed by atoms with Gasteiger partial charge in [-0.2, -0.15) is 0 Å². The molecule has 1 aromatic carbocycles. The summed E-state index contributed by atoms with van der Waals surface area (Å²) in [6, 6.07) is 10.8. The van der Waals surface area contributed by atoms with Crippen molar-refractivity contribution in [2.24, 2.45) is 0 Å². The van der Waals surface area contributed by atoms with Crippen LogP contribution in [0.4, 0.5) is 0 Å². The third-order valence-electron chi connectivity index (χ3n) is 2.79. The molecule has 80 valence electrons. The van der Waals surface area contributed by atoms with Crippen molar-refractivity contribution in [3.05, 3.63) is 46.9 Å². The van der Waals surface area contributed by atoms with E-state index >= 15 is 0 Å². The third-order valence-corrected chi connectivity index (χ3v) is 5.98. The fourth-order valence-electron chi connectivity index (χ4n) is 1.95. The quantitative estimate of drug-likeness (QED) is 0.713. The maximum absolute atomic E-state index is 2.34. The molecular formula is C13H16S2. The average Bonchev–Trinajstić information content (AvgIpc) is 2.31. The zero-order valence-electron chi connectivity index (χ0n) is 9.19. The molecule has 0 nitrogen and oxygen atoms in total. The van der Waals surface area contributed by atoms with Crippen molar-refractivity contribution in [1.82, 2.24) is 0 Å². The first-order valence-corrected chi connectivity index (χ1v) is 7.23. The van der Waals surface area contributed by atoms with E-state index in [2.05, 4.69) is 62.0 Å². The van der Waals surface area contributed by atoms with Crippen LogP contribution in [0.5, 0.6) is 0 Å². The SMILES string of the molecule is C/C=C1\SCCSC1(C)c1ccccc1. The van der Waals surface area contributed by atoms with Gasteiger partial charge in [0.2, 0.25) is 0 Å². The van der Waals surface area contributed by atoms with Crippen LogP contribution < -0.4 is 0 Å². The largest absolute Gasteiger partial charge is 0.144 e. The summed E-state index contributed by atoms with van der Waals surface area (Å²) >= 11 is 4.07. The summed E-state index contributed by atoms with van der Waals surface area (Å²) in [5, 5.41) is 0. The topological polar surface area (TPSA) is 0 Å². The standard InChI is InChI=1S/C13H16S2/c1-3-12-13(2,15-10-9-14-12)11-7-5-4-6-8-11/h3-8H,9-10H2,1-2H3/b12-3-. The zero-order chi connectivity index (χ0) is 10.7. The van der Waals surface area contributed by atoms with Gasteiger partial charge in [0, 0.05) is 16.4 Å². The van der Waals surface area contributed by atoms with E-state index in [-0.39, 0.29) is 4.75 Å². The second kappa shape index (κ2) is 4.67. The van der Waals surface area contributed by atoms with Crippen molar-refractivity contribution < 1.29 is 0 Å². The molecule has 0 spiro atoms. The van der Waals surface area contributed by atoms with Gasteiger partial charge in [-0.15, -0.1) is 23.5 Å². The van der Waals surface area contributed by atoms with Gasteiger partial charge in [-0.25, -0.2) is 0 Å². The molecule has 2 rings (SSSR count). The van der Waals surface area contributed by atoms with Gasteiger partial charge in [-0.05, 0) is 19.4 Å². The lowest BCUT2D eigenvalue weighted by molar-refractivity contribution is 0.857. The van der Waals surface area contributed by atoms with Crippen LogP contribution in [0.3, 0.4) is 0 Å². The first-order chi connectivity index (χ1) is 7.27. The van der Waals surface area contributed by atoms with Gasteiger partial charge in [0.15, 0.2) is 0 Å². The van der Waals surface area contributed by atoms with E-state index in [0.29, 0.717) is 0 Å². The Labute approximate surface area is 101 Å². The predicted octanol–water partition coefficient (Wildman–Crippen LogP) is 4.29. The van der Waals surface area contributed by atoms with E-state index < -0.39 is 0 Å². The molecule has 1 fully saturated rings. The van der Waals surface area contributed by atoms with Gasteiger partial charge in [0.05, 0.1) is 4.75 Å². The minimum atomic E-state index is 0.179. The van der Waals surface area contributed by atoms with Crippen molar-refractivity contribution in [2.45, 2.75) is 18.6 Å². The number of hydrogen-bond acceptors (Lipinski definition) is 2. The lowest BCUT2D eigenvalue weighted by atomic mass is 9.99. The molecule has 0 saturated carbocycles. The highest BCUT2D eigenvalue weighted by Crippen LogP contribution is 2.50. The summed E-state index contributed by atoms with van der Waals surface area (Å²) in [5.74, 6) is 2.49. The fraction of sp³-hybridized carbons (Fsp3) is 0.385. The second-order valence-corrected chi connectivity index (χ2v) is 6.40. The summed E-state index contributed by atoms with van der Waals surface area (Å²) in [4.78, 5) is 1.50. The molecule has 0 bridgehead atoms. The predicted molar refractivity (Wildman–Crippen MR) is 72.5 cm³/mol. The molecule has 0 aromatic heterocycles. The van der Waals surface area contributed by atoms with Crippen molar-refractivity contribution in [3.63, 3.8) is 0 Å². The number of rotatable bonds is 1. The molecule has 0 amide bonds. The van der Waals surface area contributed by atoms with Gasteiger partial charge >= 0.3 is 0 Å². The molecule has 0 N–H and O–H groups in total. The molecular weight excluding hydrogens is 220 g/mol. The van der Waals surface area contributed by atoms with Crippen molar-refractivity contribution >= 4 is 23.5 Å². The maximum Gasteiger partial charge on any atom is 0.0684 e. The van der Waals surface area contributed by atoms with Crippen molar-refractivity contribution in [2.75, 3.05) is 11.5 Å². The van der Waals surface area contributed by atoms with Gasteiger partial charge in [0.1, 0.15) is 0 Å². The van der Waals surface area contributed by atoms with Crippen molar-refractivity contribution in [3.8, 4) is 0 Å². The van der Waals surface area contributed by atoms with E-state index in [1.807, 2.05) is 11.8 Å². The highest BCUT2D eigenvalue weighted by molar-refractivity contribution is 8.09. The summed E-state index contributed by atoms with van der Waals surface area (Å²) in [5.41, 5.74) is 1.43. The molecule has 1 aliphatic rings. The normalized spacial score (nSPS) is 29.3. The first-order valence-electron chi connectivity index (χ1n) is 5.26. The smallest absolute Gasteiger partial charge is 0.0684 e. The Bertz CT molecular complexity index is 356. The van der Waals surface area contributed by atoms with E-state index in [4.69, 9.17) is 0 Å². The molecule has 1 saturated heterocycles. The molecule has 1 unspecified atom stereocenters. The van der Waals surface area contributed by atoms with Crippen LogP contribution in [0.2, 0.25) is 0 Å². The van der Waals surface area contributed by atoms with Crippen molar-refractivity contribution in [1.29, 1.82) is 0 Å². The minimum Gasteiger partial charge on any atom is -0.144 e. The summed E-state index contributed by atoms with van der Waals surface area (Å²) in [6.07, 6.45) is 2.27. The van der Waals surface area contributed by atoms with Gasteiger partial charge in [-0.1, -0.05) is 36.4 Å². The summed E-state index contributed by atoms with van der Waals surface area (Å²) < 4.78 is 0.179. The van der Waals surface area contributed by atoms with Gasteiger partial charge < -0.3 is 0 Å². The van der Waals surface area contributed by atoms with E-state index in [9.17, 15) is 0 Å². The fourth-order valence-corrected chi connectivity index (χ4v) is 4.72. The summed E-state index contributed by atoms with van der Waals surface area (Å²) in [7, 11) is 0. The van der Waals surface area contributed by atoms with Crippen LogP contribution in [0.15, 0.2) is 41.3 Å². The lowest BCUT2D eigenvalue weighted by Gasteiger charge is -2.35. The van der Waals surface area contributed by atoms with Crippen LogP contribution in [-0.2, 0) is 4.75 Å². The van der Waals surface area contributed by atoms with Crippen LogP contribution in [-0.4, -0.2) is 11.5 Å². The lowest BCUT2D eigenvalue weighted by Crippen LogP contribution is -2.23. The first kappa shape index (κ1) is 11.2. The highest BCUT2D eigenvalue weighted by Gasteiger charge is 2.34. The molecule has 1 aromatic rings. The highest BCUT2D eigenvalue weighted by atomic mass is 32.2. The minimum absolute atomic E-state index is 0.179. The Morgan fingerprint density at radius 1 is 1.20 bits per heavy atom. The van der Waals surface area contributed by atoms with E-state index in [1.54, 1.807) is 0 Å². The van der Waals surface area contributed by atoms with Crippen LogP contribution in [0.25, 0.3) is 0 Å². The zero-order valence-corrected chi connectivity index (χ0v) is 10.8. The molecule has 1 aliphatic heterocycles. The van der Waals surface area contributed by atoms with Gasteiger partial charge in [0.25, 0.3) is 0 Å². The maximum atomic E-state index is 2.34. The molecule has 0 radical (unpaired) electrons. The average molecular weight is 236 g/mol. The number of allylic oxidation sites excluding steroid dienone is 1.